The molecule has 19 heavy (non-hydrogen) atoms. The minimum absolute atomic E-state index is 0.212. The second-order valence-electron chi connectivity index (χ2n) is 4.36. The van der Waals surface area contributed by atoms with E-state index in [2.05, 4.69) is 10.1 Å². The first kappa shape index (κ1) is 12.1. The number of aromatic nitrogens is 3. The summed E-state index contributed by atoms with van der Waals surface area (Å²) < 4.78 is 1.83. The van der Waals surface area contributed by atoms with Crippen LogP contribution in [0.4, 0.5) is 0 Å². The molecule has 2 heterocycles. The van der Waals surface area contributed by atoms with E-state index in [9.17, 15) is 0 Å². The van der Waals surface area contributed by atoms with E-state index >= 15 is 0 Å². The number of aryl methyl sites for hydroxylation is 1. The van der Waals surface area contributed by atoms with Gasteiger partial charge in [-0.05, 0) is 19.1 Å². The van der Waals surface area contributed by atoms with Crippen molar-refractivity contribution < 1.29 is 0 Å². The summed E-state index contributed by atoms with van der Waals surface area (Å²) in [4.78, 5) is 4.43. The fraction of sp³-hybridized carbons (Fsp3) is 0.143. The number of hydrogen-bond acceptors (Lipinski definition) is 4. The molecule has 0 fully saturated rings. The Bertz CT molecular complexity index is 672. The van der Waals surface area contributed by atoms with Crippen molar-refractivity contribution in [3.63, 3.8) is 0 Å². The Labute approximate surface area is 115 Å². The van der Waals surface area contributed by atoms with Crippen LogP contribution in [0.15, 0.2) is 48.1 Å². The Hall–Kier alpha value is -1.98. The lowest BCUT2D eigenvalue weighted by Crippen LogP contribution is -2.10. The predicted octanol–water partition coefficient (Wildman–Crippen LogP) is 2.69. The summed E-state index contributed by atoms with van der Waals surface area (Å²) in [5, 5.41) is 7.29. The monoisotopic (exact) mass is 270 g/mol. The number of thiazole rings is 1. The van der Waals surface area contributed by atoms with Gasteiger partial charge in [0.05, 0.1) is 17.9 Å². The van der Waals surface area contributed by atoms with Crippen molar-refractivity contribution in [2.45, 2.75) is 13.0 Å². The summed E-state index contributed by atoms with van der Waals surface area (Å²) in [6.45, 7) is 1.97. The van der Waals surface area contributed by atoms with Crippen molar-refractivity contribution in [3.8, 4) is 5.69 Å². The summed E-state index contributed by atoms with van der Waals surface area (Å²) in [5.41, 5.74) is 9.22. The van der Waals surface area contributed by atoms with E-state index in [0.717, 1.165) is 22.0 Å². The highest BCUT2D eigenvalue weighted by atomic mass is 32.1. The van der Waals surface area contributed by atoms with Crippen molar-refractivity contribution >= 4 is 11.3 Å². The molecule has 96 valence electrons. The Balaban J connectivity index is 1.89. The van der Waals surface area contributed by atoms with Crippen LogP contribution >= 0.6 is 11.3 Å². The van der Waals surface area contributed by atoms with Crippen LogP contribution < -0.4 is 5.73 Å². The number of benzene rings is 1. The molecule has 2 aromatic heterocycles. The van der Waals surface area contributed by atoms with Crippen LogP contribution in [0.25, 0.3) is 5.69 Å². The van der Waals surface area contributed by atoms with Crippen LogP contribution in [-0.2, 0) is 0 Å². The number of rotatable bonds is 3. The molecule has 0 spiro atoms. The quantitative estimate of drug-likeness (QED) is 0.796. The van der Waals surface area contributed by atoms with Gasteiger partial charge in [-0.1, -0.05) is 18.2 Å². The predicted molar refractivity (Wildman–Crippen MR) is 76.4 cm³/mol. The molecule has 4 nitrogen and oxygen atoms in total. The molecule has 0 aliphatic heterocycles. The van der Waals surface area contributed by atoms with Gasteiger partial charge in [0.25, 0.3) is 0 Å². The van der Waals surface area contributed by atoms with Crippen LogP contribution in [0.1, 0.15) is 22.3 Å². The fourth-order valence-corrected chi connectivity index (χ4v) is 2.70. The van der Waals surface area contributed by atoms with E-state index < -0.39 is 0 Å². The van der Waals surface area contributed by atoms with Crippen molar-refractivity contribution in [1.29, 1.82) is 0 Å². The van der Waals surface area contributed by atoms with Gasteiger partial charge in [0.15, 0.2) is 0 Å². The second kappa shape index (κ2) is 4.95. The molecule has 0 aliphatic rings. The third kappa shape index (κ3) is 2.43. The highest BCUT2D eigenvalue weighted by Crippen LogP contribution is 2.23. The first-order valence-electron chi connectivity index (χ1n) is 6.01. The van der Waals surface area contributed by atoms with Gasteiger partial charge in [-0.15, -0.1) is 11.3 Å². The number of nitrogens with two attached hydrogens (primary N) is 1. The molecule has 2 N–H and O–H groups in total. The Morgan fingerprint density at radius 3 is 2.74 bits per heavy atom. The Morgan fingerprint density at radius 2 is 2.05 bits per heavy atom. The highest BCUT2D eigenvalue weighted by molar-refractivity contribution is 7.09. The van der Waals surface area contributed by atoms with Crippen LogP contribution in [0, 0.1) is 6.92 Å². The molecular formula is C14H14N4S. The first-order chi connectivity index (χ1) is 9.24. The minimum atomic E-state index is -0.212. The van der Waals surface area contributed by atoms with E-state index in [4.69, 9.17) is 5.73 Å². The number of para-hydroxylation sites is 1. The maximum atomic E-state index is 6.22. The molecule has 1 atom stereocenters. The van der Waals surface area contributed by atoms with E-state index in [1.807, 2.05) is 53.5 Å². The topological polar surface area (TPSA) is 56.7 Å². The third-order valence-electron chi connectivity index (χ3n) is 2.89. The van der Waals surface area contributed by atoms with Gasteiger partial charge in [-0.25, -0.2) is 9.67 Å². The molecule has 0 bridgehead atoms. The SMILES string of the molecule is Cc1csc(C(N)c2cnn(-c3ccccc3)c2)n1. The minimum Gasteiger partial charge on any atom is -0.318 e. The molecule has 0 amide bonds. The van der Waals surface area contributed by atoms with Gasteiger partial charge in [0, 0.05) is 22.8 Å². The van der Waals surface area contributed by atoms with Gasteiger partial charge in [-0.2, -0.15) is 5.10 Å². The van der Waals surface area contributed by atoms with Crippen molar-refractivity contribution in [2.75, 3.05) is 0 Å². The summed E-state index contributed by atoms with van der Waals surface area (Å²) in [6.07, 6.45) is 3.76. The van der Waals surface area contributed by atoms with Gasteiger partial charge in [-0.3, -0.25) is 0 Å². The average molecular weight is 270 g/mol. The standard InChI is InChI=1S/C14H14N4S/c1-10-9-19-14(17-10)13(15)11-7-16-18(8-11)12-5-3-2-4-6-12/h2-9,13H,15H2,1H3. The number of hydrogen-bond donors (Lipinski definition) is 1. The summed E-state index contributed by atoms with van der Waals surface area (Å²) >= 11 is 1.58. The Kier molecular flexibility index (Phi) is 3.15. The zero-order valence-corrected chi connectivity index (χ0v) is 11.3. The summed E-state index contributed by atoms with van der Waals surface area (Å²) in [6, 6.07) is 9.77. The molecule has 3 rings (SSSR count). The van der Waals surface area contributed by atoms with Crippen molar-refractivity contribution in [2.24, 2.45) is 5.73 Å². The normalized spacial score (nSPS) is 12.5. The van der Waals surface area contributed by atoms with Crippen molar-refractivity contribution in [1.82, 2.24) is 14.8 Å². The molecule has 0 aliphatic carbocycles. The highest BCUT2D eigenvalue weighted by Gasteiger charge is 2.14. The maximum Gasteiger partial charge on any atom is 0.114 e. The lowest BCUT2D eigenvalue weighted by Gasteiger charge is -2.04. The molecule has 1 aromatic carbocycles. The van der Waals surface area contributed by atoms with Gasteiger partial charge in [0.2, 0.25) is 0 Å². The van der Waals surface area contributed by atoms with Crippen LogP contribution in [0.2, 0.25) is 0 Å². The van der Waals surface area contributed by atoms with E-state index in [0.29, 0.717) is 0 Å². The fourth-order valence-electron chi connectivity index (χ4n) is 1.88. The zero-order valence-electron chi connectivity index (χ0n) is 10.5. The maximum absolute atomic E-state index is 6.22. The van der Waals surface area contributed by atoms with E-state index in [1.165, 1.54) is 0 Å². The molecule has 1 unspecified atom stereocenters. The molecule has 3 aromatic rings. The second-order valence-corrected chi connectivity index (χ2v) is 5.25. The average Bonchev–Trinajstić information content (AvgIpc) is 3.08. The number of nitrogens with zero attached hydrogens (tertiary/aromatic N) is 3. The van der Waals surface area contributed by atoms with E-state index in [-0.39, 0.29) is 6.04 Å². The summed E-state index contributed by atoms with van der Waals surface area (Å²) in [7, 11) is 0. The van der Waals surface area contributed by atoms with E-state index in [1.54, 1.807) is 17.5 Å². The van der Waals surface area contributed by atoms with Crippen LogP contribution in [0.3, 0.4) is 0 Å². The third-order valence-corrected chi connectivity index (χ3v) is 3.93. The zero-order chi connectivity index (χ0) is 13.2. The first-order valence-corrected chi connectivity index (χ1v) is 6.89. The largest absolute Gasteiger partial charge is 0.318 e. The van der Waals surface area contributed by atoms with Gasteiger partial charge < -0.3 is 5.73 Å². The summed E-state index contributed by atoms with van der Waals surface area (Å²) in [5.74, 6) is 0. The molecule has 0 saturated carbocycles. The van der Waals surface area contributed by atoms with Crippen LogP contribution in [-0.4, -0.2) is 14.8 Å². The molecule has 0 radical (unpaired) electrons. The Morgan fingerprint density at radius 1 is 1.26 bits per heavy atom. The van der Waals surface area contributed by atoms with Crippen molar-refractivity contribution in [3.05, 3.63) is 64.4 Å². The molecule has 5 heteroatoms. The molecular weight excluding hydrogens is 256 g/mol. The lowest BCUT2D eigenvalue weighted by atomic mass is 10.2. The van der Waals surface area contributed by atoms with Crippen LogP contribution in [0.5, 0.6) is 0 Å². The van der Waals surface area contributed by atoms with Gasteiger partial charge >= 0.3 is 0 Å². The lowest BCUT2D eigenvalue weighted by molar-refractivity contribution is 0.847. The smallest absolute Gasteiger partial charge is 0.114 e. The van der Waals surface area contributed by atoms with Gasteiger partial charge in [0.1, 0.15) is 5.01 Å². The molecule has 0 saturated heterocycles.